The van der Waals surface area contributed by atoms with Crippen LogP contribution >= 0.6 is 47.2 Å². The molecule has 0 saturated carbocycles. The first-order chi connectivity index (χ1) is 6.24. The molecule has 1 heterocycles. The predicted octanol–water partition coefficient (Wildman–Crippen LogP) is 4.58. The maximum Gasteiger partial charge on any atom is 0.0625 e. The van der Waals surface area contributed by atoms with Crippen LogP contribution < -0.4 is 0 Å². The molecule has 0 nitrogen and oxygen atoms in total. The van der Waals surface area contributed by atoms with Crippen LogP contribution in [-0.4, -0.2) is 0 Å². The Hall–Kier alpha value is 0.110. The first kappa shape index (κ1) is 9.66. The van der Waals surface area contributed by atoms with Gasteiger partial charge in [0.15, 0.2) is 0 Å². The van der Waals surface area contributed by atoms with E-state index in [0.29, 0.717) is 5.88 Å². The summed E-state index contributed by atoms with van der Waals surface area (Å²) in [4.78, 5) is 0. The molecule has 0 bridgehead atoms. The first-order valence-electron chi connectivity index (χ1n) is 3.69. The molecule has 0 aliphatic carbocycles. The van der Waals surface area contributed by atoms with E-state index in [-0.39, 0.29) is 0 Å². The summed E-state index contributed by atoms with van der Waals surface area (Å²) < 4.78 is 2.10. The Labute approximate surface area is 95.9 Å². The Bertz CT molecular complexity index is 448. The van der Waals surface area contributed by atoms with Crippen LogP contribution in [0.25, 0.3) is 10.1 Å². The monoisotopic (exact) mass is 248 g/mol. The molecule has 1 aromatic heterocycles. The van der Waals surface area contributed by atoms with Gasteiger partial charge in [0.1, 0.15) is 0 Å². The molecule has 0 unspecified atom stereocenters. The van der Waals surface area contributed by atoms with Crippen molar-refractivity contribution < 1.29 is 0 Å². The lowest BCUT2D eigenvalue weighted by molar-refractivity contribution is 1.40. The van der Waals surface area contributed by atoms with E-state index in [9.17, 15) is 0 Å². The quantitative estimate of drug-likeness (QED) is 0.555. The van der Waals surface area contributed by atoms with Crippen molar-refractivity contribution in [1.29, 1.82) is 0 Å². The smallest absolute Gasteiger partial charge is 0.0625 e. The van der Waals surface area contributed by atoms with Crippen molar-refractivity contribution in [3.63, 3.8) is 0 Å². The second-order valence-corrected chi connectivity index (χ2v) is 5.11. The van der Waals surface area contributed by atoms with Crippen molar-refractivity contribution in [3.8, 4) is 0 Å². The summed E-state index contributed by atoms with van der Waals surface area (Å²) in [5.74, 6) is 0.461. The van der Waals surface area contributed by atoms with Crippen molar-refractivity contribution in [2.45, 2.75) is 10.1 Å². The molecule has 0 radical (unpaired) electrons. The normalized spacial score (nSPS) is 11.0. The number of thiophene rings is 1. The topological polar surface area (TPSA) is 0 Å². The van der Waals surface area contributed by atoms with Gasteiger partial charge >= 0.3 is 0 Å². The highest BCUT2D eigenvalue weighted by atomic mass is 35.5. The standard InChI is InChI=1S/C9H6Cl2S2/c10-4-5-8-6(11)2-1-3-7(8)13-9(5)12/h1-3,12H,4H2. The van der Waals surface area contributed by atoms with E-state index in [2.05, 4.69) is 12.6 Å². The van der Waals surface area contributed by atoms with E-state index < -0.39 is 0 Å². The number of thiol groups is 1. The average molecular weight is 249 g/mol. The molecule has 0 atom stereocenters. The predicted molar refractivity (Wildman–Crippen MR) is 63.6 cm³/mol. The van der Waals surface area contributed by atoms with E-state index in [1.807, 2.05) is 18.2 Å². The van der Waals surface area contributed by atoms with Crippen molar-refractivity contribution in [2.75, 3.05) is 0 Å². The second kappa shape index (κ2) is 3.70. The molecular weight excluding hydrogens is 243 g/mol. The summed E-state index contributed by atoms with van der Waals surface area (Å²) in [6.45, 7) is 0. The first-order valence-corrected chi connectivity index (χ1v) is 5.86. The minimum atomic E-state index is 0.461. The van der Waals surface area contributed by atoms with Gasteiger partial charge in [0.05, 0.1) is 4.21 Å². The molecule has 0 saturated heterocycles. The summed E-state index contributed by atoms with van der Waals surface area (Å²) >= 11 is 17.9. The maximum atomic E-state index is 6.07. The van der Waals surface area contributed by atoms with Crippen LogP contribution in [-0.2, 0) is 5.88 Å². The van der Waals surface area contributed by atoms with Gasteiger partial charge in [-0.15, -0.1) is 35.6 Å². The SMILES string of the molecule is Sc1sc2cccc(Cl)c2c1CCl. The number of halogens is 2. The molecule has 0 aliphatic heterocycles. The summed E-state index contributed by atoms with van der Waals surface area (Å²) in [6.07, 6.45) is 0. The summed E-state index contributed by atoms with van der Waals surface area (Å²) in [5, 5.41) is 1.80. The van der Waals surface area contributed by atoms with Crippen molar-refractivity contribution in [3.05, 3.63) is 28.8 Å². The molecule has 0 amide bonds. The van der Waals surface area contributed by atoms with Crippen LogP contribution in [0.2, 0.25) is 5.02 Å². The minimum absolute atomic E-state index is 0.461. The fourth-order valence-electron chi connectivity index (χ4n) is 1.28. The van der Waals surface area contributed by atoms with E-state index in [1.54, 1.807) is 11.3 Å². The molecule has 0 spiro atoms. The third-order valence-electron chi connectivity index (χ3n) is 1.88. The Balaban J connectivity index is 2.88. The highest BCUT2D eigenvalue weighted by Crippen LogP contribution is 2.38. The van der Waals surface area contributed by atoms with Gasteiger partial charge < -0.3 is 0 Å². The van der Waals surface area contributed by atoms with Gasteiger partial charge in [0, 0.05) is 26.6 Å². The van der Waals surface area contributed by atoms with Crippen molar-refractivity contribution in [1.82, 2.24) is 0 Å². The third kappa shape index (κ3) is 1.57. The Morgan fingerprint density at radius 1 is 1.38 bits per heavy atom. The molecule has 2 aromatic rings. The minimum Gasteiger partial charge on any atom is -0.132 e. The number of alkyl halides is 1. The lowest BCUT2D eigenvalue weighted by Crippen LogP contribution is -1.76. The highest BCUT2D eigenvalue weighted by molar-refractivity contribution is 7.83. The van der Waals surface area contributed by atoms with Gasteiger partial charge in [0.25, 0.3) is 0 Å². The molecule has 68 valence electrons. The number of fused-ring (bicyclic) bond motifs is 1. The highest BCUT2D eigenvalue weighted by Gasteiger charge is 2.10. The van der Waals surface area contributed by atoms with Crippen molar-refractivity contribution in [2.24, 2.45) is 0 Å². The van der Waals surface area contributed by atoms with Gasteiger partial charge in [0.2, 0.25) is 0 Å². The van der Waals surface area contributed by atoms with Gasteiger partial charge in [-0.05, 0) is 12.1 Å². The zero-order valence-corrected chi connectivity index (χ0v) is 9.77. The van der Waals surface area contributed by atoms with E-state index in [4.69, 9.17) is 23.2 Å². The number of benzene rings is 1. The van der Waals surface area contributed by atoms with Gasteiger partial charge in [-0.3, -0.25) is 0 Å². The van der Waals surface area contributed by atoms with Gasteiger partial charge in [-0.1, -0.05) is 17.7 Å². The molecular formula is C9H6Cl2S2. The number of hydrogen-bond acceptors (Lipinski definition) is 2. The second-order valence-electron chi connectivity index (χ2n) is 2.63. The van der Waals surface area contributed by atoms with E-state index in [1.165, 1.54) is 0 Å². The van der Waals surface area contributed by atoms with Crippen LogP contribution in [0.5, 0.6) is 0 Å². The summed E-state index contributed by atoms with van der Waals surface area (Å²) in [5.41, 5.74) is 1.04. The average Bonchev–Trinajstić information content (AvgIpc) is 2.42. The largest absolute Gasteiger partial charge is 0.132 e. The fourth-order valence-corrected chi connectivity index (χ4v) is 3.54. The van der Waals surface area contributed by atoms with Crippen LogP contribution in [0.1, 0.15) is 5.56 Å². The zero-order valence-electron chi connectivity index (χ0n) is 6.55. The van der Waals surface area contributed by atoms with Crippen LogP contribution in [0.3, 0.4) is 0 Å². The molecule has 0 aliphatic rings. The molecule has 13 heavy (non-hydrogen) atoms. The van der Waals surface area contributed by atoms with Crippen molar-refractivity contribution >= 4 is 57.3 Å². The molecule has 4 heteroatoms. The van der Waals surface area contributed by atoms with E-state index >= 15 is 0 Å². The Morgan fingerprint density at radius 3 is 2.85 bits per heavy atom. The van der Waals surface area contributed by atoms with E-state index in [0.717, 1.165) is 24.9 Å². The number of rotatable bonds is 1. The molecule has 2 rings (SSSR count). The van der Waals surface area contributed by atoms with Gasteiger partial charge in [-0.2, -0.15) is 0 Å². The van der Waals surface area contributed by atoms with Gasteiger partial charge in [-0.25, -0.2) is 0 Å². The maximum absolute atomic E-state index is 6.07. The summed E-state index contributed by atoms with van der Waals surface area (Å²) in [6, 6.07) is 5.84. The lowest BCUT2D eigenvalue weighted by Gasteiger charge is -1.96. The zero-order chi connectivity index (χ0) is 9.42. The molecule has 1 aromatic carbocycles. The van der Waals surface area contributed by atoms with Crippen LogP contribution in [0, 0.1) is 0 Å². The van der Waals surface area contributed by atoms with Crippen LogP contribution in [0.4, 0.5) is 0 Å². The van der Waals surface area contributed by atoms with Crippen LogP contribution in [0.15, 0.2) is 22.4 Å². The lowest BCUT2D eigenvalue weighted by atomic mass is 10.2. The molecule has 0 fully saturated rings. The third-order valence-corrected chi connectivity index (χ3v) is 4.00. The Kier molecular flexibility index (Phi) is 2.75. The molecule has 0 N–H and O–H groups in total. The number of hydrogen-bond donors (Lipinski definition) is 1. The Morgan fingerprint density at radius 2 is 2.15 bits per heavy atom. The fraction of sp³-hybridized carbons (Fsp3) is 0.111. The summed E-state index contributed by atoms with van der Waals surface area (Å²) in [7, 11) is 0.